The molecule has 0 aromatic heterocycles. The summed E-state index contributed by atoms with van der Waals surface area (Å²) in [5.41, 5.74) is 1.20. The highest BCUT2D eigenvalue weighted by molar-refractivity contribution is 9.10. The fourth-order valence-corrected chi connectivity index (χ4v) is 2.49. The summed E-state index contributed by atoms with van der Waals surface area (Å²) in [6, 6.07) is 6.03. The van der Waals surface area contributed by atoms with Crippen LogP contribution in [0.15, 0.2) is 22.7 Å². The Bertz CT molecular complexity index is 304. The summed E-state index contributed by atoms with van der Waals surface area (Å²) in [7, 11) is 0. The molecule has 0 spiro atoms. The molecule has 1 fully saturated rings. The Balaban J connectivity index is 2.21. The Kier molecular flexibility index (Phi) is 3.31. The maximum Gasteiger partial charge on any atom is 0.0437 e. The number of halogens is 2. The molecule has 14 heavy (non-hydrogen) atoms. The quantitative estimate of drug-likeness (QED) is 0.847. The van der Waals surface area contributed by atoms with Gasteiger partial charge < -0.3 is 10.2 Å². The van der Waals surface area contributed by atoms with Crippen molar-refractivity contribution in [2.24, 2.45) is 0 Å². The third-order valence-electron chi connectivity index (χ3n) is 2.33. The number of piperazine rings is 1. The van der Waals surface area contributed by atoms with Crippen molar-refractivity contribution in [3.63, 3.8) is 0 Å². The molecule has 0 bridgehead atoms. The van der Waals surface area contributed by atoms with Gasteiger partial charge in [0.1, 0.15) is 0 Å². The summed E-state index contributed by atoms with van der Waals surface area (Å²) in [6.45, 7) is 4.19. The van der Waals surface area contributed by atoms with Crippen LogP contribution in [0, 0.1) is 0 Å². The van der Waals surface area contributed by atoms with Crippen molar-refractivity contribution in [2.45, 2.75) is 0 Å². The van der Waals surface area contributed by atoms with Crippen LogP contribution in [-0.4, -0.2) is 26.2 Å². The van der Waals surface area contributed by atoms with Crippen molar-refractivity contribution < 1.29 is 0 Å². The van der Waals surface area contributed by atoms with Crippen molar-refractivity contribution in [2.75, 3.05) is 31.1 Å². The van der Waals surface area contributed by atoms with Crippen LogP contribution in [0.25, 0.3) is 0 Å². The number of hydrogen-bond donors (Lipinski definition) is 1. The Labute approximate surface area is 97.4 Å². The van der Waals surface area contributed by atoms with E-state index < -0.39 is 0 Å². The van der Waals surface area contributed by atoms with E-state index in [4.69, 9.17) is 11.6 Å². The largest absolute Gasteiger partial charge is 0.369 e. The lowest BCUT2D eigenvalue weighted by molar-refractivity contribution is 0.589. The summed E-state index contributed by atoms with van der Waals surface area (Å²) in [6.07, 6.45) is 0. The van der Waals surface area contributed by atoms with E-state index in [1.807, 2.05) is 12.1 Å². The molecule has 76 valence electrons. The first-order valence-electron chi connectivity index (χ1n) is 4.67. The summed E-state index contributed by atoms with van der Waals surface area (Å²) >= 11 is 9.45. The number of anilines is 1. The molecule has 2 nitrogen and oxygen atoms in total. The van der Waals surface area contributed by atoms with Crippen LogP contribution in [0.5, 0.6) is 0 Å². The lowest BCUT2D eigenvalue weighted by Gasteiger charge is -2.29. The SMILES string of the molecule is Clc1cc(Br)cc(N2CCNCC2)c1. The molecular formula is C10H12BrClN2. The molecule has 0 radical (unpaired) electrons. The van der Waals surface area contributed by atoms with E-state index >= 15 is 0 Å². The number of nitrogens with one attached hydrogen (secondary N) is 1. The van der Waals surface area contributed by atoms with Gasteiger partial charge in [-0.05, 0) is 18.2 Å². The second-order valence-electron chi connectivity index (χ2n) is 3.36. The zero-order valence-corrected chi connectivity index (χ0v) is 10.1. The molecule has 2 rings (SSSR count). The highest BCUT2D eigenvalue weighted by Crippen LogP contribution is 2.25. The van der Waals surface area contributed by atoms with Crippen molar-refractivity contribution in [3.8, 4) is 0 Å². The van der Waals surface area contributed by atoms with Crippen molar-refractivity contribution in [1.82, 2.24) is 5.32 Å². The second-order valence-corrected chi connectivity index (χ2v) is 4.72. The smallest absolute Gasteiger partial charge is 0.0437 e. The molecule has 1 heterocycles. The number of nitrogens with zero attached hydrogens (tertiary/aromatic N) is 1. The molecule has 0 saturated carbocycles. The zero-order valence-electron chi connectivity index (χ0n) is 7.76. The van der Waals surface area contributed by atoms with Crippen molar-refractivity contribution in [1.29, 1.82) is 0 Å². The standard InChI is InChI=1S/C10H12BrClN2/c11-8-5-9(12)7-10(6-8)14-3-1-13-2-4-14/h5-7,13H,1-4H2. The van der Waals surface area contributed by atoms with E-state index in [9.17, 15) is 0 Å². The molecule has 1 saturated heterocycles. The second kappa shape index (κ2) is 4.51. The summed E-state index contributed by atoms with van der Waals surface area (Å²) in [4.78, 5) is 2.34. The topological polar surface area (TPSA) is 15.3 Å². The van der Waals surface area contributed by atoms with Crippen LogP contribution in [0.2, 0.25) is 5.02 Å². The van der Waals surface area contributed by atoms with Gasteiger partial charge >= 0.3 is 0 Å². The molecule has 0 aliphatic carbocycles. The Morgan fingerprint density at radius 2 is 1.93 bits per heavy atom. The van der Waals surface area contributed by atoms with E-state index in [-0.39, 0.29) is 0 Å². The van der Waals surface area contributed by atoms with Gasteiger partial charge in [-0.2, -0.15) is 0 Å². The summed E-state index contributed by atoms with van der Waals surface area (Å²) < 4.78 is 1.04. The van der Waals surface area contributed by atoms with Crippen LogP contribution in [-0.2, 0) is 0 Å². The molecule has 1 aliphatic heterocycles. The van der Waals surface area contributed by atoms with Crippen LogP contribution in [0.1, 0.15) is 0 Å². The molecule has 1 aliphatic rings. The van der Waals surface area contributed by atoms with E-state index in [0.717, 1.165) is 35.7 Å². The first kappa shape index (κ1) is 10.3. The highest BCUT2D eigenvalue weighted by Gasteiger charge is 2.10. The van der Waals surface area contributed by atoms with Crippen LogP contribution >= 0.6 is 27.5 Å². The van der Waals surface area contributed by atoms with Crippen LogP contribution < -0.4 is 10.2 Å². The first-order valence-corrected chi connectivity index (χ1v) is 5.84. The van der Waals surface area contributed by atoms with E-state index in [1.54, 1.807) is 0 Å². The fourth-order valence-electron chi connectivity index (χ4n) is 1.64. The van der Waals surface area contributed by atoms with E-state index in [1.165, 1.54) is 5.69 Å². The predicted molar refractivity (Wildman–Crippen MR) is 64.2 cm³/mol. The van der Waals surface area contributed by atoms with Gasteiger partial charge in [0, 0.05) is 41.4 Å². The number of hydrogen-bond acceptors (Lipinski definition) is 2. The minimum Gasteiger partial charge on any atom is -0.369 e. The normalized spacial score (nSPS) is 17.1. The van der Waals surface area contributed by atoms with E-state index in [0.29, 0.717) is 0 Å². The summed E-state index contributed by atoms with van der Waals surface area (Å²) in [5, 5.41) is 4.11. The molecule has 1 N–H and O–H groups in total. The van der Waals surface area contributed by atoms with Crippen LogP contribution in [0.4, 0.5) is 5.69 Å². The number of rotatable bonds is 1. The van der Waals surface area contributed by atoms with Crippen molar-refractivity contribution in [3.05, 3.63) is 27.7 Å². The average Bonchev–Trinajstić information content (AvgIpc) is 2.18. The Morgan fingerprint density at radius 3 is 2.57 bits per heavy atom. The Hall–Kier alpha value is -0.250. The van der Waals surface area contributed by atoms with Gasteiger partial charge in [-0.25, -0.2) is 0 Å². The van der Waals surface area contributed by atoms with Gasteiger partial charge in [0.2, 0.25) is 0 Å². The lowest BCUT2D eigenvalue weighted by atomic mass is 10.2. The van der Waals surface area contributed by atoms with Gasteiger partial charge in [-0.15, -0.1) is 0 Å². The maximum atomic E-state index is 6.00. The Morgan fingerprint density at radius 1 is 1.21 bits per heavy atom. The van der Waals surface area contributed by atoms with E-state index in [2.05, 4.69) is 32.2 Å². The lowest BCUT2D eigenvalue weighted by Crippen LogP contribution is -2.43. The minimum absolute atomic E-state index is 0.785. The molecular weight excluding hydrogens is 263 g/mol. The van der Waals surface area contributed by atoms with Gasteiger partial charge in [0.15, 0.2) is 0 Å². The molecule has 4 heteroatoms. The minimum atomic E-state index is 0.785. The average molecular weight is 276 g/mol. The number of benzene rings is 1. The maximum absolute atomic E-state index is 6.00. The molecule has 1 aromatic rings. The molecule has 0 atom stereocenters. The highest BCUT2D eigenvalue weighted by atomic mass is 79.9. The molecule has 0 amide bonds. The zero-order chi connectivity index (χ0) is 9.97. The van der Waals surface area contributed by atoms with Gasteiger partial charge in [0.05, 0.1) is 0 Å². The third-order valence-corrected chi connectivity index (χ3v) is 3.01. The first-order chi connectivity index (χ1) is 6.75. The fraction of sp³-hybridized carbons (Fsp3) is 0.400. The molecule has 0 unspecified atom stereocenters. The third kappa shape index (κ3) is 2.41. The predicted octanol–water partition coefficient (Wildman–Crippen LogP) is 2.51. The van der Waals surface area contributed by atoms with Gasteiger partial charge in [-0.3, -0.25) is 0 Å². The van der Waals surface area contributed by atoms with Gasteiger partial charge in [0.25, 0.3) is 0 Å². The monoisotopic (exact) mass is 274 g/mol. The van der Waals surface area contributed by atoms with Gasteiger partial charge in [-0.1, -0.05) is 27.5 Å². The molecule has 1 aromatic carbocycles. The summed E-state index contributed by atoms with van der Waals surface area (Å²) in [5.74, 6) is 0. The van der Waals surface area contributed by atoms with Crippen molar-refractivity contribution >= 4 is 33.2 Å². The van der Waals surface area contributed by atoms with Crippen LogP contribution in [0.3, 0.4) is 0 Å².